The lowest BCUT2D eigenvalue weighted by Crippen LogP contribution is -2.29. The predicted molar refractivity (Wildman–Crippen MR) is 106 cm³/mol. The highest BCUT2D eigenvalue weighted by atomic mass is 19.1. The topological polar surface area (TPSA) is 101 Å². The van der Waals surface area contributed by atoms with Crippen molar-refractivity contribution in [2.75, 3.05) is 5.73 Å². The molecule has 138 valence electrons. The Labute approximate surface area is 160 Å². The molecule has 0 atom stereocenters. The third-order valence-electron chi connectivity index (χ3n) is 4.33. The molecule has 8 heteroatoms. The lowest BCUT2D eigenvalue weighted by molar-refractivity contribution is 0.425. The van der Waals surface area contributed by atoms with Crippen molar-refractivity contribution in [3.63, 3.8) is 0 Å². The van der Waals surface area contributed by atoms with Gasteiger partial charge in [0, 0.05) is 10.9 Å². The fourth-order valence-corrected chi connectivity index (χ4v) is 2.90. The number of nitrogen functional groups attached to an aromatic ring is 1. The van der Waals surface area contributed by atoms with Crippen molar-refractivity contribution in [2.24, 2.45) is 0 Å². The monoisotopic (exact) mass is 375 g/mol. The summed E-state index contributed by atoms with van der Waals surface area (Å²) in [5, 5.41) is 27.8. The lowest BCUT2D eigenvalue weighted by Gasteiger charge is -2.14. The number of hydrogen-bond donors (Lipinski definition) is 3. The molecule has 0 unspecified atom stereocenters. The Morgan fingerprint density at radius 3 is 2.50 bits per heavy atom. The molecule has 0 amide bonds. The van der Waals surface area contributed by atoms with Gasteiger partial charge < -0.3 is 20.5 Å². The predicted octanol–water partition coefficient (Wildman–Crippen LogP) is 2.49. The summed E-state index contributed by atoms with van der Waals surface area (Å²) >= 11 is 0. The smallest absolute Gasteiger partial charge is 0.457 e. The Kier molecular flexibility index (Phi) is 4.64. The molecular weight excluding hydrogens is 360 g/mol. The molecule has 0 spiro atoms. The number of ether oxygens (including phenoxy) is 1. The molecule has 0 aliphatic rings. The van der Waals surface area contributed by atoms with Crippen molar-refractivity contribution in [2.45, 2.75) is 0 Å². The van der Waals surface area contributed by atoms with Crippen molar-refractivity contribution in [1.29, 1.82) is 0 Å². The molecule has 1 heterocycles. The highest BCUT2D eigenvalue weighted by Crippen LogP contribution is 2.34. The van der Waals surface area contributed by atoms with Crippen molar-refractivity contribution in [3.8, 4) is 22.6 Å². The van der Waals surface area contributed by atoms with E-state index in [0.29, 0.717) is 33.7 Å². The standard InChI is InChI=1S/C20H15BFN3O3/c22-14-3-5-15(6-4-14)28-20-8-2-13(21(26)27)10-17(20)12-1-7-16-18(23)11-24-25-19(16)9-12/h1-11,26-27H,(H2,23,25). The summed E-state index contributed by atoms with van der Waals surface area (Å²) in [6, 6.07) is 15.9. The zero-order chi connectivity index (χ0) is 19.7. The molecule has 0 saturated carbocycles. The largest absolute Gasteiger partial charge is 0.488 e. The first-order valence-corrected chi connectivity index (χ1v) is 8.46. The minimum atomic E-state index is -1.63. The molecule has 0 bridgehead atoms. The van der Waals surface area contributed by atoms with Gasteiger partial charge in [0.15, 0.2) is 0 Å². The van der Waals surface area contributed by atoms with E-state index < -0.39 is 7.12 Å². The lowest BCUT2D eigenvalue weighted by atomic mass is 9.79. The molecule has 4 aromatic rings. The van der Waals surface area contributed by atoms with Gasteiger partial charge in [-0.15, -0.1) is 0 Å². The van der Waals surface area contributed by atoms with Crippen molar-refractivity contribution in [1.82, 2.24) is 10.2 Å². The quantitative estimate of drug-likeness (QED) is 0.474. The SMILES string of the molecule is Nc1cnnc2cc(-c3cc(B(O)O)ccc3Oc3ccc(F)cc3)ccc12. The van der Waals surface area contributed by atoms with Crippen LogP contribution in [0.5, 0.6) is 11.5 Å². The second-order valence-electron chi connectivity index (χ2n) is 6.22. The molecular formula is C20H15BFN3O3. The van der Waals surface area contributed by atoms with Crippen LogP contribution in [0.4, 0.5) is 10.1 Å². The van der Waals surface area contributed by atoms with E-state index >= 15 is 0 Å². The first kappa shape index (κ1) is 17.9. The van der Waals surface area contributed by atoms with Crippen LogP contribution in [0.25, 0.3) is 22.0 Å². The first-order valence-electron chi connectivity index (χ1n) is 8.46. The average molecular weight is 375 g/mol. The molecule has 3 aromatic carbocycles. The Bertz CT molecular complexity index is 1150. The minimum Gasteiger partial charge on any atom is -0.457 e. The summed E-state index contributed by atoms with van der Waals surface area (Å²) in [7, 11) is -1.63. The Morgan fingerprint density at radius 1 is 0.964 bits per heavy atom. The van der Waals surface area contributed by atoms with E-state index in [1.54, 1.807) is 24.3 Å². The summed E-state index contributed by atoms with van der Waals surface area (Å²) in [5.41, 5.74) is 8.69. The Balaban J connectivity index is 1.83. The van der Waals surface area contributed by atoms with E-state index in [9.17, 15) is 14.4 Å². The maximum Gasteiger partial charge on any atom is 0.488 e. The number of hydrogen-bond acceptors (Lipinski definition) is 6. The Hall–Kier alpha value is -3.49. The van der Waals surface area contributed by atoms with Crippen LogP contribution in [0.1, 0.15) is 0 Å². The maximum atomic E-state index is 13.2. The summed E-state index contributed by atoms with van der Waals surface area (Å²) in [5.74, 6) is 0.550. The highest BCUT2D eigenvalue weighted by molar-refractivity contribution is 6.58. The third-order valence-corrected chi connectivity index (χ3v) is 4.33. The number of fused-ring (bicyclic) bond motifs is 1. The van der Waals surface area contributed by atoms with Crippen LogP contribution in [-0.4, -0.2) is 27.4 Å². The van der Waals surface area contributed by atoms with E-state index in [4.69, 9.17) is 10.5 Å². The summed E-state index contributed by atoms with van der Waals surface area (Å²) in [6.45, 7) is 0. The number of anilines is 1. The molecule has 0 radical (unpaired) electrons. The average Bonchev–Trinajstić information content (AvgIpc) is 2.70. The van der Waals surface area contributed by atoms with Gasteiger partial charge in [-0.1, -0.05) is 18.2 Å². The number of benzene rings is 3. The maximum absolute atomic E-state index is 13.2. The van der Waals surface area contributed by atoms with Crippen LogP contribution in [0, 0.1) is 5.82 Å². The van der Waals surface area contributed by atoms with Crippen LogP contribution >= 0.6 is 0 Å². The normalized spacial score (nSPS) is 10.8. The third kappa shape index (κ3) is 3.51. The molecule has 4 N–H and O–H groups in total. The fraction of sp³-hybridized carbons (Fsp3) is 0. The van der Waals surface area contributed by atoms with Crippen LogP contribution in [0.2, 0.25) is 0 Å². The molecule has 1 aromatic heterocycles. The molecule has 0 fully saturated rings. The number of aromatic nitrogens is 2. The van der Waals surface area contributed by atoms with E-state index in [2.05, 4.69) is 10.2 Å². The van der Waals surface area contributed by atoms with Gasteiger partial charge in [-0.3, -0.25) is 0 Å². The first-order chi connectivity index (χ1) is 13.5. The summed E-state index contributed by atoms with van der Waals surface area (Å²) in [6.07, 6.45) is 1.48. The highest BCUT2D eigenvalue weighted by Gasteiger charge is 2.16. The van der Waals surface area contributed by atoms with E-state index in [0.717, 1.165) is 10.9 Å². The van der Waals surface area contributed by atoms with Gasteiger partial charge in [-0.2, -0.15) is 10.2 Å². The molecule has 0 saturated heterocycles. The van der Waals surface area contributed by atoms with Crippen molar-refractivity contribution >= 4 is 29.2 Å². The van der Waals surface area contributed by atoms with E-state index in [1.165, 1.54) is 30.5 Å². The van der Waals surface area contributed by atoms with Gasteiger partial charge in [-0.25, -0.2) is 4.39 Å². The van der Waals surface area contributed by atoms with Crippen molar-refractivity contribution in [3.05, 3.63) is 72.7 Å². The Morgan fingerprint density at radius 2 is 1.75 bits per heavy atom. The number of halogens is 1. The summed E-state index contributed by atoms with van der Waals surface area (Å²) < 4.78 is 19.1. The second-order valence-corrected chi connectivity index (χ2v) is 6.22. The molecule has 4 rings (SSSR count). The van der Waals surface area contributed by atoms with Gasteiger partial charge in [0.1, 0.15) is 17.3 Å². The molecule has 6 nitrogen and oxygen atoms in total. The second kappa shape index (κ2) is 7.26. The number of nitrogens with two attached hydrogens (primary N) is 1. The van der Waals surface area contributed by atoms with Crippen LogP contribution in [-0.2, 0) is 0 Å². The van der Waals surface area contributed by atoms with Gasteiger partial charge in [0.2, 0.25) is 0 Å². The van der Waals surface area contributed by atoms with Gasteiger partial charge in [0.25, 0.3) is 0 Å². The number of rotatable bonds is 4. The van der Waals surface area contributed by atoms with Crippen LogP contribution < -0.4 is 15.9 Å². The summed E-state index contributed by atoms with van der Waals surface area (Å²) in [4.78, 5) is 0. The molecule has 28 heavy (non-hydrogen) atoms. The number of nitrogens with zero attached hydrogens (tertiary/aromatic N) is 2. The van der Waals surface area contributed by atoms with Gasteiger partial charge in [0.05, 0.1) is 17.4 Å². The molecule has 0 aliphatic carbocycles. The molecule has 0 aliphatic heterocycles. The zero-order valence-corrected chi connectivity index (χ0v) is 14.6. The zero-order valence-electron chi connectivity index (χ0n) is 14.6. The van der Waals surface area contributed by atoms with Gasteiger partial charge in [-0.05, 0) is 53.5 Å². The fourth-order valence-electron chi connectivity index (χ4n) is 2.90. The van der Waals surface area contributed by atoms with Crippen LogP contribution in [0.15, 0.2) is 66.9 Å². The van der Waals surface area contributed by atoms with E-state index in [-0.39, 0.29) is 5.82 Å². The van der Waals surface area contributed by atoms with Gasteiger partial charge >= 0.3 is 7.12 Å². The van der Waals surface area contributed by atoms with Crippen LogP contribution in [0.3, 0.4) is 0 Å². The van der Waals surface area contributed by atoms with Crippen molar-refractivity contribution < 1.29 is 19.2 Å². The minimum absolute atomic E-state index is 0.306. The van der Waals surface area contributed by atoms with E-state index in [1.807, 2.05) is 12.1 Å².